The minimum absolute atomic E-state index is 0.0777. The predicted octanol–water partition coefficient (Wildman–Crippen LogP) is -0.136. The number of aromatic amines is 1. The molecule has 1 saturated heterocycles. The number of nitrogens with one attached hydrogen (secondary N) is 3. The van der Waals surface area contributed by atoms with E-state index in [0.717, 1.165) is 32.1 Å². The molecule has 0 radical (unpaired) electrons. The molecule has 0 saturated carbocycles. The Balaban J connectivity index is 2.05. The summed E-state index contributed by atoms with van der Waals surface area (Å²) in [5, 5.41) is 8.96. The van der Waals surface area contributed by atoms with E-state index in [-0.39, 0.29) is 23.1 Å². The Kier molecular flexibility index (Phi) is 5.32. The number of sulfonamides is 1. The topological polar surface area (TPSA) is 113 Å². The third-order valence-electron chi connectivity index (χ3n) is 3.33. The molecule has 0 aromatic carbocycles. The van der Waals surface area contributed by atoms with Crippen LogP contribution in [0.1, 0.15) is 30.1 Å². The fourth-order valence-electron chi connectivity index (χ4n) is 2.23. The highest BCUT2D eigenvalue weighted by Gasteiger charge is 2.26. The van der Waals surface area contributed by atoms with Crippen LogP contribution in [-0.4, -0.2) is 50.8 Å². The van der Waals surface area contributed by atoms with Gasteiger partial charge < -0.3 is 10.1 Å². The number of ether oxygens (including phenoxy) is 1. The summed E-state index contributed by atoms with van der Waals surface area (Å²) in [6.07, 6.45) is 3.17. The van der Waals surface area contributed by atoms with Gasteiger partial charge in [-0.05, 0) is 38.8 Å². The van der Waals surface area contributed by atoms with Crippen molar-refractivity contribution in [1.82, 2.24) is 20.2 Å². The molecule has 118 valence electrons. The van der Waals surface area contributed by atoms with Crippen molar-refractivity contribution in [3.63, 3.8) is 0 Å². The summed E-state index contributed by atoms with van der Waals surface area (Å²) in [4.78, 5) is 11.7. The Morgan fingerprint density at radius 3 is 3.05 bits per heavy atom. The van der Waals surface area contributed by atoms with Crippen LogP contribution in [0.2, 0.25) is 0 Å². The van der Waals surface area contributed by atoms with Crippen LogP contribution in [0.5, 0.6) is 0 Å². The third-order valence-corrected chi connectivity index (χ3v) is 4.72. The van der Waals surface area contributed by atoms with Crippen molar-refractivity contribution >= 4 is 16.0 Å². The second kappa shape index (κ2) is 7.01. The zero-order valence-electron chi connectivity index (χ0n) is 11.9. The van der Waals surface area contributed by atoms with Crippen LogP contribution in [0.15, 0.2) is 11.2 Å². The lowest BCUT2D eigenvalue weighted by molar-refractivity contribution is 0.0522. The molecule has 3 N–H and O–H groups in total. The zero-order valence-corrected chi connectivity index (χ0v) is 12.7. The van der Waals surface area contributed by atoms with Crippen molar-refractivity contribution < 1.29 is 17.9 Å². The van der Waals surface area contributed by atoms with Crippen LogP contribution in [0.4, 0.5) is 0 Å². The fraction of sp³-hybridized carbons (Fsp3) is 0.667. The van der Waals surface area contributed by atoms with E-state index in [4.69, 9.17) is 4.74 Å². The second-order valence-corrected chi connectivity index (χ2v) is 6.60. The van der Waals surface area contributed by atoms with Crippen molar-refractivity contribution in [3.8, 4) is 0 Å². The van der Waals surface area contributed by atoms with Gasteiger partial charge >= 0.3 is 5.97 Å². The second-order valence-electron chi connectivity index (χ2n) is 4.90. The lowest BCUT2D eigenvalue weighted by Gasteiger charge is -2.22. The van der Waals surface area contributed by atoms with Crippen LogP contribution in [0.3, 0.4) is 0 Å². The first-order chi connectivity index (χ1) is 10.0. The molecule has 0 aliphatic carbocycles. The molecule has 1 aromatic heterocycles. The largest absolute Gasteiger partial charge is 0.462 e. The minimum atomic E-state index is -3.81. The maximum absolute atomic E-state index is 12.3. The number of carbonyl (C=O) groups excluding carboxylic acids is 1. The Morgan fingerprint density at radius 1 is 1.57 bits per heavy atom. The van der Waals surface area contributed by atoms with Crippen molar-refractivity contribution in [2.24, 2.45) is 5.92 Å². The molecule has 1 aliphatic rings. The van der Waals surface area contributed by atoms with Crippen molar-refractivity contribution in [2.45, 2.75) is 24.8 Å². The number of hydrogen-bond donors (Lipinski definition) is 3. The summed E-state index contributed by atoms with van der Waals surface area (Å²) in [6.45, 7) is 3.91. The quantitative estimate of drug-likeness (QED) is 0.630. The Morgan fingerprint density at radius 2 is 2.38 bits per heavy atom. The molecule has 1 atom stereocenters. The summed E-state index contributed by atoms with van der Waals surface area (Å²) in [7, 11) is -3.81. The maximum atomic E-state index is 12.3. The normalized spacial score (nSPS) is 19.4. The SMILES string of the molecule is CCOC(=O)c1cn[nH]c1S(=O)(=O)NCC1CCCNC1. The zero-order chi connectivity index (χ0) is 15.3. The van der Waals surface area contributed by atoms with E-state index in [2.05, 4.69) is 20.2 Å². The molecule has 0 amide bonds. The molecule has 9 heteroatoms. The van der Waals surface area contributed by atoms with E-state index in [1.807, 2.05) is 0 Å². The van der Waals surface area contributed by atoms with Gasteiger partial charge in [-0.3, -0.25) is 5.10 Å². The highest BCUT2D eigenvalue weighted by atomic mass is 32.2. The van der Waals surface area contributed by atoms with Gasteiger partial charge in [-0.1, -0.05) is 0 Å². The molecule has 1 unspecified atom stereocenters. The van der Waals surface area contributed by atoms with Crippen LogP contribution >= 0.6 is 0 Å². The number of esters is 1. The van der Waals surface area contributed by atoms with E-state index in [0.29, 0.717) is 6.54 Å². The van der Waals surface area contributed by atoms with Crippen LogP contribution in [0.25, 0.3) is 0 Å². The molecular formula is C12H20N4O4S. The van der Waals surface area contributed by atoms with E-state index >= 15 is 0 Å². The van der Waals surface area contributed by atoms with Crippen LogP contribution in [0, 0.1) is 5.92 Å². The monoisotopic (exact) mass is 316 g/mol. The molecule has 1 fully saturated rings. The van der Waals surface area contributed by atoms with Crippen molar-refractivity contribution in [2.75, 3.05) is 26.2 Å². The van der Waals surface area contributed by atoms with Gasteiger partial charge in [-0.25, -0.2) is 17.9 Å². The van der Waals surface area contributed by atoms with Gasteiger partial charge in [0.25, 0.3) is 10.0 Å². The smallest absolute Gasteiger partial charge is 0.342 e. The average Bonchev–Trinajstić information content (AvgIpc) is 2.97. The van der Waals surface area contributed by atoms with E-state index < -0.39 is 16.0 Å². The van der Waals surface area contributed by atoms with Crippen molar-refractivity contribution in [3.05, 3.63) is 11.8 Å². The molecule has 8 nitrogen and oxygen atoms in total. The molecule has 2 rings (SSSR count). The molecule has 0 spiro atoms. The van der Waals surface area contributed by atoms with Gasteiger partial charge in [-0.2, -0.15) is 5.10 Å². The first-order valence-corrected chi connectivity index (χ1v) is 8.43. The Labute approximate surface area is 123 Å². The van der Waals surface area contributed by atoms with Gasteiger partial charge in [0.1, 0.15) is 5.56 Å². The minimum Gasteiger partial charge on any atom is -0.462 e. The number of rotatable bonds is 6. The third kappa shape index (κ3) is 4.02. The van der Waals surface area contributed by atoms with E-state index in [1.165, 1.54) is 0 Å². The summed E-state index contributed by atoms with van der Waals surface area (Å²) < 4.78 is 31.8. The van der Waals surface area contributed by atoms with Crippen LogP contribution in [-0.2, 0) is 14.8 Å². The van der Waals surface area contributed by atoms with Gasteiger partial charge in [0, 0.05) is 6.54 Å². The molecular weight excluding hydrogens is 296 g/mol. The van der Waals surface area contributed by atoms with Gasteiger partial charge in [-0.15, -0.1) is 0 Å². The molecule has 1 aromatic rings. The Bertz CT molecular complexity index is 578. The van der Waals surface area contributed by atoms with Gasteiger partial charge in [0.15, 0.2) is 5.03 Å². The highest BCUT2D eigenvalue weighted by Crippen LogP contribution is 2.15. The summed E-state index contributed by atoms with van der Waals surface area (Å²) in [5.74, 6) is -0.451. The number of nitrogens with zero attached hydrogens (tertiary/aromatic N) is 1. The van der Waals surface area contributed by atoms with Gasteiger partial charge in [0.05, 0.1) is 12.8 Å². The molecule has 21 heavy (non-hydrogen) atoms. The number of H-pyrrole nitrogens is 1. The Hall–Kier alpha value is -1.45. The summed E-state index contributed by atoms with van der Waals surface area (Å²) in [6, 6.07) is 0. The summed E-state index contributed by atoms with van der Waals surface area (Å²) in [5.41, 5.74) is -0.0777. The lowest BCUT2D eigenvalue weighted by Crippen LogP contribution is -2.38. The molecule has 1 aliphatic heterocycles. The number of piperidine rings is 1. The molecule has 2 heterocycles. The van der Waals surface area contributed by atoms with Crippen LogP contribution < -0.4 is 10.0 Å². The predicted molar refractivity (Wildman–Crippen MR) is 75.3 cm³/mol. The molecule has 0 bridgehead atoms. The van der Waals surface area contributed by atoms with Gasteiger partial charge in [0.2, 0.25) is 0 Å². The number of carbonyl (C=O) groups is 1. The first kappa shape index (κ1) is 15.9. The maximum Gasteiger partial charge on any atom is 0.342 e. The first-order valence-electron chi connectivity index (χ1n) is 6.95. The summed E-state index contributed by atoms with van der Waals surface area (Å²) >= 11 is 0. The average molecular weight is 316 g/mol. The lowest BCUT2D eigenvalue weighted by atomic mass is 10.0. The number of aromatic nitrogens is 2. The van der Waals surface area contributed by atoms with E-state index in [1.54, 1.807) is 6.92 Å². The van der Waals surface area contributed by atoms with E-state index in [9.17, 15) is 13.2 Å². The highest BCUT2D eigenvalue weighted by molar-refractivity contribution is 7.89. The standard InChI is InChI=1S/C12H20N4O4S/c1-2-20-12(17)10-8-14-16-11(10)21(18,19)15-7-9-4-3-5-13-6-9/h8-9,13,15H,2-7H2,1H3,(H,14,16). The number of hydrogen-bond acceptors (Lipinski definition) is 6. The fourth-order valence-corrected chi connectivity index (χ4v) is 3.43. The van der Waals surface area contributed by atoms with Crippen molar-refractivity contribution in [1.29, 1.82) is 0 Å².